The lowest BCUT2D eigenvalue weighted by atomic mass is 9.81. The van der Waals surface area contributed by atoms with Crippen LogP contribution in [-0.2, 0) is 9.53 Å². The van der Waals surface area contributed by atoms with Crippen LogP contribution in [0.1, 0.15) is 41.0 Å². The second-order valence-electron chi connectivity index (χ2n) is 7.01. The van der Waals surface area contributed by atoms with Gasteiger partial charge in [0.05, 0.1) is 6.04 Å². The van der Waals surface area contributed by atoms with E-state index < -0.39 is 29.8 Å². The molecule has 0 spiro atoms. The van der Waals surface area contributed by atoms with Gasteiger partial charge >= 0.3 is 18.2 Å². The SMILES string of the molecule is CCC1C(C)CN(C(=O)C(F)(F)F)CC1NC(=O)OC(C)(C)C. The van der Waals surface area contributed by atoms with E-state index in [2.05, 4.69) is 5.32 Å². The second-order valence-corrected chi connectivity index (χ2v) is 7.01. The molecular formula is C15H25F3N2O3. The van der Waals surface area contributed by atoms with E-state index in [1.165, 1.54) is 0 Å². The lowest BCUT2D eigenvalue weighted by Crippen LogP contribution is -2.59. The molecule has 0 bridgehead atoms. The summed E-state index contributed by atoms with van der Waals surface area (Å²) in [7, 11) is 0. The number of likely N-dealkylation sites (tertiary alicyclic amines) is 1. The van der Waals surface area contributed by atoms with Crippen LogP contribution < -0.4 is 5.32 Å². The van der Waals surface area contributed by atoms with Crippen LogP contribution in [0.3, 0.4) is 0 Å². The lowest BCUT2D eigenvalue weighted by Gasteiger charge is -2.42. The number of hydrogen-bond acceptors (Lipinski definition) is 3. The lowest BCUT2D eigenvalue weighted by molar-refractivity contribution is -0.188. The van der Waals surface area contributed by atoms with E-state index in [0.29, 0.717) is 6.42 Å². The largest absolute Gasteiger partial charge is 0.471 e. The number of amides is 2. The number of nitrogens with one attached hydrogen (secondary N) is 1. The molecule has 1 N–H and O–H groups in total. The zero-order chi connectivity index (χ0) is 18.0. The van der Waals surface area contributed by atoms with Crippen LogP contribution in [0.2, 0.25) is 0 Å². The molecule has 1 aliphatic rings. The molecular weight excluding hydrogens is 313 g/mol. The Balaban J connectivity index is 2.84. The molecule has 1 saturated heterocycles. The van der Waals surface area contributed by atoms with Gasteiger partial charge in [-0.1, -0.05) is 20.3 Å². The normalized spacial score (nSPS) is 25.9. The fraction of sp³-hybridized carbons (Fsp3) is 0.867. The Labute approximate surface area is 134 Å². The molecule has 5 nitrogen and oxygen atoms in total. The number of rotatable bonds is 2. The van der Waals surface area contributed by atoms with Gasteiger partial charge in [-0.15, -0.1) is 0 Å². The van der Waals surface area contributed by atoms with Crippen LogP contribution in [0.4, 0.5) is 18.0 Å². The number of nitrogens with zero attached hydrogens (tertiary/aromatic N) is 1. The van der Waals surface area contributed by atoms with Crippen molar-refractivity contribution >= 4 is 12.0 Å². The van der Waals surface area contributed by atoms with Crippen LogP contribution >= 0.6 is 0 Å². The minimum atomic E-state index is -4.91. The number of carbonyl (C=O) groups is 2. The zero-order valence-corrected chi connectivity index (χ0v) is 14.2. The summed E-state index contributed by atoms with van der Waals surface area (Å²) in [5.41, 5.74) is -0.701. The summed E-state index contributed by atoms with van der Waals surface area (Å²) in [5, 5.41) is 2.62. The van der Waals surface area contributed by atoms with Crippen LogP contribution in [0.5, 0.6) is 0 Å². The number of alkyl carbamates (subject to hydrolysis) is 1. The van der Waals surface area contributed by atoms with Crippen LogP contribution in [0.25, 0.3) is 0 Å². The van der Waals surface area contributed by atoms with E-state index in [1.54, 1.807) is 27.7 Å². The number of piperidine rings is 1. The second kappa shape index (κ2) is 6.97. The van der Waals surface area contributed by atoms with Crippen LogP contribution in [-0.4, -0.2) is 47.8 Å². The van der Waals surface area contributed by atoms with Crippen molar-refractivity contribution in [2.24, 2.45) is 11.8 Å². The zero-order valence-electron chi connectivity index (χ0n) is 14.2. The van der Waals surface area contributed by atoms with Gasteiger partial charge in [-0.3, -0.25) is 4.79 Å². The van der Waals surface area contributed by atoms with Crippen molar-refractivity contribution < 1.29 is 27.5 Å². The summed E-state index contributed by atoms with van der Waals surface area (Å²) in [4.78, 5) is 24.1. The third kappa shape index (κ3) is 5.58. The Morgan fingerprint density at radius 2 is 1.78 bits per heavy atom. The monoisotopic (exact) mass is 338 g/mol. The molecule has 3 unspecified atom stereocenters. The summed E-state index contributed by atoms with van der Waals surface area (Å²) in [5.74, 6) is -2.03. The molecule has 0 aromatic rings. The third-order valence-corrected chi connectivity index (χ3v) is 3.88. The fourth-order valence-corrected chi connectivity index (χ4v) is 2.97. The van der Waals surface area contributed by atoms with Crippen LogP contribution in [0.15, 0.2) is 0 Å². The van der Waals surface area contributed by atoms with Gasteiger partial charge in [0.15, 0.2) is 0 Å². The first-order chi connectivity index (χ1) is 10.3. The highest BCUT2D eigenvalue weighted by Gasteiger charge is 2.46. The maximum Gasteiger partial charge on any atom is 0.471 e. The van der Waals surface area contributed by atoms with Crippen molar-refractivity contribution in [2.45, 2.75) is 58.9 Å². The van der Waals surface area contributed by atoms with E-state index in [1.807, 2.05) is 6.92 Å². The highest BCUT2D eigenvalue weighted by atomic mass is 19.4. The van der Waals surface area contributed by atoms with Gasteiger partial charge in [0, 0.05) is 13.1 Å². The van der Waals surface area contributed by atoms with Crippen molar-refractivity contribution in [3.05, 3.63) is 0 Å². The van der Waals surface area contributed by atoms with E-state index >= 15 is 0 Å². The Kier molecular flexibility index (Phi) is 5.93. The predicted octanol–water partition coefficient (Wildman–Crippen LogP) is 2.95. The van der Waals surface area contributed by atoms with Crippen LogP contribution in [0, 0.1) is 11.8 Å². The molecule has 0 aliphatic carbocycles. The average molecular weight is 338 g/mol. The summed E-state index contributed by atoms with van der Waals surface area (Å²) >= 11 is 0. The first kappa shape index (κ1) is 19.6. The third-order valence-electron chi connectivity index (χ3n) is 3.88. The van der Waals surface area contributed by atoms with Gasteiger partial charge in [0.1, 0.15) is 5.60 Å². The highest BCUT2D eigenvalue weighted by molar-refractivity contribution is 5.82. The van der Waals surface area contributed by atoms with E-state index in [9.17, 15) is 22.8 Å². The minimum absolute atomic E-state index is 0.0141. The average Bonchev–Trinajstić information content (AvgIpc) is 2.33. The molecule has 1 aliphatic heterocycles. The number of carbonyl (C=O) groups excluding carboxylic acids is 2. The summed E-state index contributed by atoms with van der Waals surface area (Å²) in [6.07, 6.45) is -4.90. The Hall–Kier alpha value is -1.47. The maximum atomic E-state index is 12.6. The van der Waals surface area contributed by atoms with Crippen molar-refractivity contribution in [1.29, 1.82) is 0 Å². The standard InChI is InChI=1S/C15H25F3N2O3/c1-6-10-9(2)7-20(12(21)15(16,17)18)8-11(10)19-13(22)23-14(3,4)5/h9-11H,6-8H2,1-5H3,(H,19,22). The van der Waals surface area contributed by atoms with Crippen molar-refractivity contribution in [3.63, 3.8) is 0 Å². The summed E-state index contributed by atoms with van der Waals surface area (Å²) < 4.78 is 43.1. The van der Waals surface area contributed by atoms with Gasteiger partial charge in [-0.05, 0) is 32.6 Å². The van der Waals surface area contributed by atoms with Gasteiger partial charge in [0.25, 0.3) is 0 Å². The number of ether oxygens (including phenoxy) is 1. The fourth-order valence-electron chi connectivity index (χ4n) is 2.97. The van der Waals surface area contributed by atoms with E-state index in [-0.39, 0.29) is 24.9 Å². The van der Waals surface area contributed by atoms with E-state index in [0.717, 1.165) is 4.90 Å². The minimum Gasteiger partial charge on any atom is -0.444 e. The number of halogens is 3. The molecule has 0 radical (unpaired) electrons. The number of alkyl halides is 3. The van der Waals surface area contributed by atoms with Gasteiger partial charge in [0.2, 0.25) is 0 Å². The quantitative estimate of drug-likeness (QED) is 0.842. The molecule has 0 saturated carbocycles. The maximum absolute atomic E-state index is 12.6. The smallest absolute Gasteiger partial charge is 0.444 e. The molecule has 23 heavy (non-hydrogen) atoms. The number of hydrogen-bond donors (Lipinski definition) is 1. The Morgan fingerprint density at radius 1 is 1.22 bits per heavy atom. The van der Waals surface area contributed by atoms with E-state index in [4.69, 9.17) is 4.74 Å². The Bertz CT molecular complexity index is 446. The molecule has 8 heteroatoms. The van der Waals surface area contributed by atoms with Gasteiger partial charge in [-0.2, -0.15) is 13.2 Å². The predicted molar refractivity (Wildman–Crippen MR) is 78.7 cm³/mol. The molecule has 1 heterocycles. The topological polar surface area (TPSA) is 58.6 Å². The summed E-state index contributed by atoms with van der Waals surface area (Å²) in [6, 6.07) is -0.565. The molecule has 3 atom stereocenters. The van der Waals surface area contributed by atoms with Gasteiger partial charge in [-0.25, -0.2) is 4.79 Å². The van der Waals surface area contributed by atoms with Crippen molar-refractivity contribution in [1.82, 2.24) is 10.2 Å². The molecule has 1 rings (SSSR count). The first-order valence-electron chi connectivity index (χ1n) is 7.70. The molecule has 0 aromatic heterocycles. The highest BCUT2D eigenvalue weighted by Crippen LogP contribution is 2.29. The molecule has 2 amide bonds. The summed E-state index contributed by atoms with van der Waals surface area (Å²) in [6.45, 7) is 8.66. The van der Waals surface area contributed by atoms with Crippen molar-refractivity contribution in [2.75, 3.05) is 13.1 Å². The molecule has 134 valence electrons. The molecule has 0 aromatic carbocycles. The Morgan fingerprint density at radius 3 is 2.22 bits per heavy atom. The van der Waals surface area contributed by atoms with Crippen molar-refractivity contribution in [3.8, 4) is 0 Å². The van der Waals surface area contributed by atoms with Gasteiger partial charge < -0.3 is 15.0 Å². The molecule has 1 fully saturated rings. The first-order valence-corrected chi connectivity index (χ1v) is 7.70.